The summed E-state index contributed by atoms with van der Waals surface area (Å²) in [5.41, 5.74) is 5.32. The maximum Gasteiger partial charge on any atom is 0.255 e. The molecule has 1 aliphatic carbocycles. The van der Waals surface area contributed by atoms with Crippen LogP contribution < -0.4 is 0 Å². The molecule has 1 aliphatic heterocycles. The van der Waals surface area contributed by atoms with Crippen LogP contribution in [0.15, 0.2) is 41.8 Å². The van der Waals surface area contributed by atoms with E-state index in [4.69, 9.17) is 0 Å². The lowest BCUT2D eigenvalue weighted by Gasteiger charge is -2.30. The van der Waals surface area contributed by atoms with Crippen LogP contribution in [0.25, 0.3) is 0 Å². The van der Waals surface area contributed by atoms with Gasteiger partial charge < -0.3 is 4.90 Å². The van der Waals surface area contributed by atoms with Crippen LogP contribution in [-0.2, 0) is 34.4 Å². The van der Waals surface area contributed by atoms with Crippen molar-refractivity contribution in [3.63, 3.8) is 0 Å². The predicted molar refractivity (Wildman–Crippen MR) is 133 cm³/mol. The maximum atomic E-state index is 12.9. The minimum atomic E-state index is -0.334. The standard InChI is InChI=1S/C28H33NO3S/c1-18-5-13-24(25(31)15-18)29-16-22-23(27(29)32)17-33-26(22)14-12-21(30)11-8-19-6-9-20(10-7-19)28(2,3)4/h6-7,9-10,17,24H,1,5,8,11-16H2,2-4H3/t24-/m0/s1. The van der Waals surface area contributed by atoms with E-state index in [0.29, 0.717) is 38.6 Å². The number of hydrogen-bond acceptors (Lipinski definition) is 4. The number of fused-ring (bicyclic) bond motifs is 1. The van der Waals surface area contributed by atoms with Crippen LogP contribution in [0.3, 0.4) is 0 Å². The molecule has 2 heterocycles. The van der Waals surface area contributed by atoms with Gasteiger partial charge in [0, 0.05) is 36.1 Å². The molecule has 1 atom stereocenters. The van der Waals surface area contributed by atoms with Gasteiger partial charge in [-0.1, -0.05) is 57.2 Å². The van der Waals surface area contributed by atoms with E-state index in [1.807, 2.05) is 5.38 Å². The van der Waals surface area contributed by atoms with Gasteiger partial charge in [-0.15, -0.1) is 11.3 Å². The van der Waals surface area contributed by atoms with Crippen LogP contribution in [0.2, 0.25) is 0 Å². The number of allylic oxidation sites excluding steroid dienone is 1. The van der Waals surface area contributed by atoms with Gasteiger partial charge in [0.2, 0.25) is 0 Å². The molecule has 33 heavy (non-hydrogen) atoms. The number of amides is 1. The summed E-state index contributed by atoms with van der Waals surface area (Å²) in [6.45, 7) is 11.0. The van der Waals surface area contributed by atoms with Crippen molar-refractivity contribution >= 4 is 28.8 Å². The Morgan fingerprint density at radius 2 is 1.82 bits per heavy atom. The van der Waals surface area contributed by atoms with Crippen molar-refractivity contribution in [2.75, 3.05) is 0 Å². The molecule has 1 amide bonds. The van der Waals surface area contributed by atoms with E-state index in [1.165, 1.54) is 11.1 Å². The normalized spacial score (nSPS) is 18.7. The minimum absolute atomic E-state index is 0.0385. The third kappa shape index (κ3) is 5.19. The van der Waals surface area contributed by atoms with Crippen molar-refractivity contribution in [3.05, 3.63) is 68.9 Å². The highest BCUT2D eigenvalue weighted by Crippen LogP contribution is 2.36. The summed E-state index contributed by atoms with van der Waals surface area (Å²) >= 11 is 1.57. The Bertz CT molecular complexity index is 1090. The first-order valence-corrected chi connectivity index (χ1v) is 12.7. The molecule has 5 heteroatoms. The molecule has 4 nitrogen and oxygen atoms in total. The molecule has 0 spiro atoms. The van der Waals surface area contributed by atoms with E-state index in [-0.39, 0.29) is 28.9 Å². The zero-order valence-corrected chi connectivity index (χ0v) is 20.7. The van der Waals surface area contributed by atoms with E-state index in [9.17, 15) is 14.4 Å². The molecule has 0 saturated heterocycles. The van der Waals surface area contributed by atoms with Gasteiger partial charge in [-0.25, -0.2) is 0 Å². The fourth-order valence-corrected chi connectivity index (χ4v) is 5.79. The fraction of sp³-hybridized carbons (Fsp3) is 0.464. The van der Waals surface area contributed by atoms with Gasteiger partial charge in [-0.3, -0.25) is 14.4 Å². The molecule has 0 bridgehead atoms. The summed E-state index contributed by atoms with van der Waals surface area (Å²) < 4.78 is 0. The van der Waals surface area contributed by atoms with Crippen LogP contribution in [0.1, 0.15) is 84.8 Å². The molecule has 0 radical (unpaired) electrons. The Labute approximate surface area is 200 Å². The average Bonchev–Trinajstić information content (AvgIpc) is 3.30. The summed E-state index contributed by atoms with van der Waals surface area (Å²) in [5, 5.41) is 1.90. The number of aryl methyl sites for hydroxylation is 2. The molecule has 1 aromatic heterocycles. The van der Waals surface area contributed by atoms with Gasteiger partial charge in [0.05, 0.1) is 11.6 Å². The largest absolute Gasteiger partial charge is 0.324 e. The lowest BCUT2D eigenvalue weighted by atomic mass is 9.86. The van der Waals surface area contributed by atoms with Crippen molar-refractivity contribution in [2.45, 2.75) is 83.7 Å². The zero-order chi connectivity index (χ0) is 23.8. The lowest BCUT2D eigenvalue weighted by molar-refractivity contribution is -0.124. The van der Waals surface area contributed by atoms with Crippen molar-refractivity contribution < 1.29 is 14.4 Å². The maximum absolute atomic E-state index is 12.9. The number of carbonyl (C=O) groups is 3. The van der Waals surface area contributed by atoms with Crippen molar-refractivity contribution in [2.24, 2.45) is 0 Å². The SMILES string of the molecule is C=C1CC[C@H](N2Cc3c(csc3CCC(=O)CCc3ccc(C(C)(C)C)cc3)C2=O)C(=O)C1. The topological polar surface area (TPSA) is 54.5 Å². The summed E-state index contributed by atoms with van der Waals surface area (Å²) in [7, 11) is 0. The quantitative estimate of drug-likeness (QED) is 0.487. The first kappa shape index (κ1) is 23.6. The molecule has 0 unspecified atom stereocenters. The molecule has 4 rings (SSSR count). The number of rotatable bonds is 7. The van der Waals surface area contributed by atoms with Gasteiger partial charge in [0.25, 0.3) is 5.91 Å². The van der Waals surface area contributed by atoms with Gasteiger partial charge in [0.15, 0.2) is 5.78 Å². The second-order valence-corrected chi connectivity index (χ2v) is 11.4. The third-order valence-corrected chi connectivity index (χ3v) is 7.98. The van der Waals surface area contributed by atoms with Crippen LogP contribution in [-0.4, -0.2) is 28.4 Å². The van der Waals surface area contributed by atoms with Crippen LogP contribution in [0, 0.1) is 0 Å². The van der Waals surface area contributed by atoms with Crippen LogP contribution in [0.5, 0.6) is 0 Å². The summed E-state index contributed by atoms with van der Waals surface area (Å²) in [6, 6.07) is 8.23. The number of hydrogen-bond donors (Lipinski definition) is 0. The highest BCUT2D eigenvalue weighted by molar-refractivity contribution is 7.10. The number of benzene rings is 1. The van der Waals surface area contributed by atoms with Gasteiger partial charge in [0.1, 0.15) is 5.78 Å². The zero-order valence-electron chi connectivity index (χ0n) is 19.9. The van der Waals surface area contributed by atoms with Crippen molar-refractivity contribution in [1.82, 2.24) is 4.90 Å². The second kappa shape index (κ2) is 9.38. The van der Waals surface area contributed by atoms with Crippen molar-refractivity contribution in [1.29, 1.82) is 0 Å². The Morgan fingerprint density at radius 3 is 2.48 bits per heavy atom. The molecule has 0 N–H and O–H groups in total. The van der Waals surface area contributed by atoms with E-state index in [0.717, 1.165) is 34.4 Å². The Balaban J connectivity index is 1.31. The molecule has 1 aromatic carbocycles. The first-order chi connectivity index (χ1) is 15.6. The Morgan fingerprint density at radius 1 is 1.12 bits per heavy atom. The second-order valence-electron chi connectivity index (χ2n) is 10.4. The van der Waals surface area contributed by atoms with Crippen LogP contribution in [0.4, 0.5) is 0 Å². The summed E-state index contributed by atoms with van der Waals surface area (Å²) in [6.07, 6.45) is 4.29. The van der Waals surface area contributed by atoms with E-state index < -0.39 is 0 Å². The predicted octanol–water partition coefficient (Wildman–Crippen LogP) is 5.81. The average molecular weight is 464 g/mol. The first-order valence-electron chi connectivity index (χ1n) is 11.8. The number of thiophene rings is 1. The van der Waals surface area contributed by atoms with Gasteiger partial charge in [-0.05, 0) is 47.8 Å². The van der Waals surface area contributed by atoms with Crippen molar-refractivity contribution in [3.8, 4) is 0 Å². The molecular formula is C28H33NO3S. The molecule has 1 saturated carbocycles. The van der Waals surface area contributed by atoms with E-state index in [1.54, 1.807) is 16.2 Å². The highest BCUT2D eigenvalue weighted by atomic mass is 32.1. The number of ketones is 2. The lowest BCUT2D eigenvalue weighted by Crippen LogP contribution is -2.43. The van der Waals surface area contributed by atoms with E-state index in [2.05, 4.69) is 51.6 Å². The number of nitrogens with zero attached hydrogens (tertiary/aromatic N) is 1. The summed E-state index contributed by atoms with van der Waals surface area (Å²) in [5.74, 6) is 0.309. The summed E-state index contributed by atoms with van der Waals surface area (Å²) in [4.78, 5) is 40.8. The molecular weight excluding hydrogens is 430 g/mol. The molecule has 2 aliphatic rings. The fourth-order valence-electron chi connectivity index (χ4n) is 4.75. The Kier molecular flexibility index (Phi) is 6.71. The molecule has 174 valence electrons. The van der Waals surface area contributed by atoms with Gasteiger partial charge >= 0.3 is 0 Å². The molecule has 2 aromatic rings. The highest BCUT2D eigenvalue weighted by Gasteiger charge is 2.39. The third-order valence-electron chi connectivity index (χ3n) is 6.89. The number of Topliss-reactive ketones (excluding diaryl/α,β-unsaturated/α-hetero) is 2. The molecule has 1 fully saturated rings. The smallest absolute Gasteiger partial charge is 0.255 e. The van der Waals surface area contributed by atoms with Gasteiger partial charge in [-0.2, -0.15) is 0 Å². The number of carbonyl (C=O) groups excluding carboxylic acids is 3. The van der Waals surface area contributed by atoms with Crippen LogP contribution >= 0.6 is 11.3 Å². The van der Waals surface area contributed by atoms with E-state index >= 15 is 0 Å². The monoisotopic (exact) mass is 463 g/mol. The minimum Gasteiger partial charge on any atom is -0.324 e. The Hall–Kier alpha value is -2.53.